The lowest BCUT2D eigenvalue weighted by Gasteiger charge is -2.27. The van der Waals surface area contributed by atoms with Crippen LogP contribution in [-0.2, 0) is 11.3 Å². The molecule has 6 heteroatoms. The molecule has 124 valence electrons. The van der Waals surface area contributed by atoms with Gasteiger partial charge in [-0.25, -0.2) is 4.98 Å². The highest BCUT2D eigenvalue weighted by atomic mass is 16.3. The number of amides is 1. The molecule has 0 saturated carbocycles. The monoisotopic (exact) mass is 324 g/mol. The maximum atomic E-state index is 11.7. The van der Waals surface area contributed by atoms with Crippen LogP contribution in [0.25, 0.3) is 0 Å². The second-order valence-electron chi connectivity index (χ2n) is 6.24. The van der Waals surface area contributed by atoms with Crippen LogP contribution in [0.1, 0.15) is 18.4 Å². The molecule has 24 heavy (non-hydrogen) atoms. The van der Waals surface area contributed by atoms with E-state index in [0.29, 0.717) is 6.54 Å². The number of benzene rings is 1. The minimum absolute atomic E-state index is 0.155. The fraction of sp³-hybridized carbons (Fsp3) is 0.333. The molecule has 3 heterocycles. The molecule has 0 bridgehead atoms. The number of rotatable bonds is 3. The standard InChI is InChI=1S/C18H20N4O2/c23-11-15-4-2-8-22(15)14-5-6-16-17(9-14)21(12-24)10-13-3-1-7-19-18(13)20-16/h1,3,5-7,9,12,15,23H,2,4,8,10-11H2,(H,19,20)/t15-/m1/s1. The van der Waals surface area contributed by atoms with Crippen LogP contribution in [0.5, 0.6) is 0 Å². The zero-order valence-electron chi connectivity index (χ0n) is 13.4. The number of aromatic nitrogens is 1. The summed E-state index contributed by atoms with van der Waals surface area (Å²) < 4.78 is 0. The average Bonchev–Trinajstić information content (AvgIpc) is 3.03. The van der Waals surface area contributed by atoms with E-state index in [1.807, 2.05) is 30.3 Å². The van der Waals surface area contributed by atoms with Gasteiger partial charge in [0.15, 0.2) is 0 Å². The Bertz CT molecular complexity index is 764. The van der Waals surface area contributed by atoms with Crippen molar-refractivity contribution in [1.29, 1.82) is 0 Å². The number of anilines is 4. The van der Waals surface area contributed by atoms with E-state index in [2.05, 4.69) is 15.2 Å². The van der Waals surface area contributed by atoms with Crippen molar-refractivity contribution in [3.8, 4) is 0 Å². The Hall–Kier alpha value is -2.60. The van der Waals surface area contributed by atoms with Crippen LogP contribution in [0, 0.1) is 0 Å². The van der Waals surface area contributed by atoms with Crippen LogP contribution in [0.2, 0.25) is 0 Å². The van der Waals surface area contributed by atoms with Crippen molar-refractivity contribution in [3.63, 3.8) is 0 Å². The van der Waals surface area contributed by atoms with Gasteiger partial charge in [-0.3, -0.25) is 4.79 Å². The lowest BCUT2D eigenvalue weighted by atomic mass is 10.2. The van der Waals surface area contributed by atoms with E-state index < -0.39 is 0 Å². The van der Waals surface area contributed by atoms with Gasteiger partial charge in [0.25, 0.3) is 0 Å². The topological polar surface area (TPSA) is 68.7 Å². The lowest BCUT2D eigenvalue weighted by molar-refractivity contribution is -0.107. The van der Waals surface area contributed by atoms with Gasteiger partial charge < -0.3 is 20.2 Å². The SMILES string of the molecule is O=CN1Cc2cccnc2Nc2ccc(N3CCC[C@@H]3CO)cc21. The number of aliphatic hydroxyl groups excluding tert-OH is 1. The summed E-state index contributed by atoms with van der Waals surface area (Å²) in [7, 11) is 0. The first-order chi connectivity index (χ1) is 11.8. The molecular formula is C18H20N4O2. The van der Waals surface area contributed by atoms with E-state index in [-0.39, 0.29) is 12.6 Å². The average molecular weight is 324 g/mol. The Morgan fingerprint density at radius 2 is 2.29 bits per heavy atom. The summed E-state index contributed by atoms with van der Waals surface area (Å²) in [6.07, 6.45) is 4.68. The van der Waals surface area contributed by atoms with Crippen molar-refractivity contribution in [2.75, 3.05) is 28.3 Å². The van der Waals surface area contributed by atoms with Gasteiger partial charge in [0.2, 0.25) is 6.41 Å². The fourth-order valence-electron chi connectivity index (χ4n) is 3.58. The summed E-state index contributed by atoms with van der Waals surface area (Å²) >= 11 is 0. The third-order valence-corrected chi connectivity index (χ3v) is 4.82. The van der Waals surface area contributed by atoms with Crippen LogP contribution >= 0.6 is 0 Å². The van der Waals surface area contributed by atoms with Gasteiger partial charge in [-0.05, 0) is 37.1 Å². The molecule has 2 N–H and O–H groups in total. The zero-order valence-corrected chi connectivity index (χ0v) is 13.4. The fourth-order valence-corrected chi connectivity index (χ4v) is 3.58. The number of hydrogen-bond donors (Lipinski definition) is 2. The van der Waals surface area contributed by atoms with Crippen LogP contribution in [0.15, 0.2) is 36.5 Å². The molecule has 2 aliphatic rings. The van der Waals surface area contributed by atoms with E-state index in [1.165, 1.54) is 0 Å². The van der Waals surface area contributed by atoms with E-state index in [0.717, 1.165) is 54.2 Å². The number of aliphatic hydroxyl groups is 1. The van der Waals surface area contributed by atoms with Crippen LogP contribution in [0.3, 0.4) is 0 Å². The predicted molar refractivity (Wildman–Crippen MR) is 93.7 cm³/mol. The van der Waals surface area contributed by atoms with Gasteiger partial charge in [-0.1, -0.05) is 6.07 Å². The quantitative estimate of drug-likeness (QED) is 0.848. The Labute approximate surface area is 140 Å². The number of hydrogen-bond acceptors (Lipinski definition) is 5. The summed E-state index contributed by atoms with van der Waals surface area (Å²) in [6, 6.07) is 10.1. The smallest absolute Gasteiger partial charge is 0.214 e. The van der Waals surface area contributed by atoms with Crippen molar-refractivity contribution in [1.82, 2.24) is 4.98 Å². The molecule has 4 rings (SSSR count). The van der Waals surface area contributed by atoms with E-state index in [1.54, 1.807) is 11.1 Å². The third-order valence-electron chi connectivity index (χ3n) is 4.82. The highest BCUT2D eigenvalue weighted by molar-refractivity contribution is 5.89. The van der Waals surface area contributed by atoms with Crippen molar-refractivity contribution in [3.05, 3.63) is 42.1 Å². The Morgan fingerprint density at radius 1 is 1.38 bits per heavy atom. The second kappa shape index (κ2) is 6.13. The van der Waals surface area contributed by atoms with Gasteiger partial charge in [-0.2, -0.15) is 0 Å². The number of carbonyl (C=O) groups excluding carboxylic acids is 1. The molecule has 0 radical (unpaired) electrons. The van der Waals surface area contributed by atoms with Gasteiger partial charge in [0.1, 0.15) is 5.82 Å². The van der Waals surface area contributed by atoms with Crippen molar-refractivity contribution >= 4 is 29.3 Å². The van der Waals surface area contributed by atoms with Gasteiger partial charge in [0, 0.05) is 24.0 Å². The Balaban J connectivity index is 1.74. The summed E-state index contributed by atoms with van der Waals surface area (Å²) in [5.41, 5.74) is 3.72. The van der Waals surface area contributed by atoms with Crippen LogP contribution < -0.4 is 15.1 Å². The molecule has 0 spiro atoms. The lowest BCUT2D eigenvalue weighted by Crippen LogP contribution is -2.32. The minimum Gasteiger partial charge on any atom is -0.394 e. The molecule has 6 nitrogen and oxygen atoms in total. The van der Waals surface area contributed by atoms with E-state index >= 15 is 0 Å². The molecule has 1 atom stereocenters. The number of nitrogens with one attached hydrogen (secondary N) is 1. The first-order valence-electron chi connectivity index (χ1n) is 8.24. The molecule has 0 unspecified atom stereocenters. The van der Waals surface area contributed by atoms with Crippen molar-refractivity contribution in [2.45, 2.75) is 25.4 Å². The van der Waals surface area contributed by atoms with Crippen molar-refractivity contribution in [2.24, 2.45) is 0 Å². The highest BCUT2D eigenvalue weighted by Crippen LogP contribution is 2.38. The molecule has 1 aromatic carbocycles. The zero-order chi connectivity index (χ0) is 16.5. The largest absolute Gasteiger partial charge is 0.394 e. The summed E-state index contributed by atoms with van der Waals surface area (Å²) in [4.78, 5) is 20.0. The molecule has 1 saturated heterocycles. The van der Waals surface area contributed by atoms with Gasteiger partial charge >= 0.3 is 0 Å². The first-order valence-corrected chi connectivity index (χ1v) is 8.24. The molecule has 1 aromatic heterocycles. The molecule has 0 aliphatic carbocycles. The summed E-state index contributed by atoms with van der Waals surface area (Å²) in [5, 5.41) is 12.9. The van der Waals surface area contributed by atoms with E-state index in [9.17, 15) is 9.90 Å². The molecule has 2 aliphatic heterocycles. The minimum atomic E-state index is 0.155. The number of carbonyl (C=O) groups is 1. The summed E-state index contributed by atoms with van der Waals surface area (Å²) in [5.74, 6) is 0.783. The maximum absolute atomic E-state index is 11.7. The Morgan fingerprint density at radius 3 is 3.12 bits per heavy atom. The van der Waals surface area contributed by atoms with Crippen LogP contribution in [-0.4, -0.2) is 35.7 Å². The molecular weight excluding hydrogens is 304 g/mol. The number of nitrogens with zero attached hydrogens (tertiary/aromatic N) is 3. The molecule has 1 fully saturated rings. The van der Waals surface area contributed by atoms with E-state index in [4.69, 9.17) is 0 Å². The number of pyridine rings is 1. The first kappa shape index (κ1) is 15.0. The highest BCUT2D eigenvalue weighted by Gasteiger charge is 2.26. The Kier molecular flexibility index (Phi) is 3.82. The predicted octanol–water partition coefficient (Wildman–Crippen LogP) is 2.26. The normalized spacial score (nSPS) is 19.3. The summed E-state index contributed by atoms with van der Waals surface area (Å²) in [6.45, 7) is 1.57. The number of fused-ring (bicyclic) bond motifs is 2. The van der Waals surface area contributed by atoms with Crippen molar-refractivity contribution < 1.29 is 9.90 Å². The third kappa shape index (κ3) is 2.49. The molecule has 1 amide bonds. The second-order valence-corrected chi connectivity index (χ2v) is 6.24. The maximum Gasteiger partial charge on any atom is 0.214 e. The van der Waals surface area contributed by atoms with Gasteiger partial charge in [0.05, 0.1) is 30.6 Å². The van der Waals surface area contributed by atoms with Crippen LogP contribution in [0.4, 0.5) is 22.9 Å². The van der Waals surface area contributed by atoms with Gasteiger partial charge in [-0.15, -0.1) is 0 Å². The molecule has 2 aromatic rings.